The molecular formula is C21H19F2N3O3S. The predicted octanol–water partition coefficient (Wildman–Crippen LogP) is 3.49. The first-order valence-electron chi connectivity index (χ1n) is 9.31. The van der Waals surface area contributed by atoms with E-state index in [1.807, 2.05) is 0 Å². The summed E-state index contributed by atoms with van der Waals surface area (Å²) in [5, 5.41) is 0. The lowest BCUT2D eigenvalue weighted by molar-refractivity contribution is -0.00478. The molecule has 1 atom stereocenters. The molecule has 0 amide bonds. The van der Waals surface area contributed by atoms with Crippen LogP contribution in [0.1, 0.15) is 17.4 Å². The number of benzene rings is 2. The highest BCUT2D eigenvalue weighted by molar-refractivity contribution is 7.89. The van der Waals surface area contributed by atoms with Gasteiger partial charge in [0.15, 0.2) is 0 Å². The lowest BCUT2D eigenvalue weighted by atomic mass is 10.1. The van der Waals surface area contributed by atoms with Gasteiger partial charge < -0.3 is 4.74 Å². The Morgan fingerprint density at radius 2 is 1.83 bits per heavy atom. The summed E-state index contributed by atoms with van der Waals surface area (Å²) in [6.45, 7) is 1.75. The summed E-state index contributed by atoms with van der Waals surface area (Å²) >= 11 is 0. The van der Waals surface area contributed by atoms with Crippen molar-refractivity contribution >= 4 is 10.0 Å². The molecule has 30 heavy (non-hydrogen) atoms. The third kappa shape index (κ3) is 3.83. The van der Waals surface area contributed by atoms with E-state index in [-0.39, 0.29) is 30.2 Å². The SMILES string of the molecule is Cc1ccc(S(=O)(=O)N2CCO[C@@H](c3nccnc3-c3ccccc3F)C2)cc1F. The highest BCUT2D eigenvalue weighted by Crippen LogP contribution is 2.32. The van der Waals surface area contributed by atoms with Crippen molar-refractivity contribution in [2.24, 2.45) is 0 Å². The summed E-state index contributed by atoms with van der Waals surface area (Å²) in [6, 6.07) is 9.97. The first-order chi connectivity index (χ1) is 14.4. The fraction of sp³-hybridized carbons (Fsp3) is 0.238. The standard InChI is InChI=1S/C21H19F2N3O3S/c1-14-6-7-15(12-18(14)23)30(27,28)26-10-11-29-19(13-26)21-20(24-8-9-25-21)16-4-2-3-5-17(16)22/h2-9,12,19H,10-11,13H2,1H3/t19-/m1/s1. The lowest BCUT2D eigenvalue weighted by Gasteiger charge is -2.32. The number of ether oxygens (including phenoxy) is 1. The zero-order chi connectivity index (χ0) is 21.3. The van der Waals surface area contributed by atoms with E-state index in [0.29, 0.717) is 17.0 Å². The number of aryl methyl sites for hydroxylation is 1. The summed E-state index contributed by atoms with van der Waals surface area (Å²) in [5.41, 5.74) is 1.26. The van der Waals surface area contributed by atoms with Crippen molar-refractivity contribution in [2.45, 2.75) is 17.9 Å². The molecule has 1 saturated heterocycles. The second-order valence-electron chi connectivity index (χ2n) is 6.90. The molecule has 1 fully saturated rings. The Morgan fingerprint density at radius 3 is 2.60 bits per heavy atom. The van der Waals surface area contributed by atoms with E-state index in [4.69, 9.17) is 4.74 Å². The molecule has 0 unspecified atom stereocenters. The third-order valence-corrected chi connectivity index (χ3v) is 6.83. The van der Waals surface area contributed by atoms with Crippen LogP contribution in [0.5, 0.6) is 0 Å². The average Bonchev–Trinajstić information content (AvgIpc) is 2.76. The molecule has 1 aliphatic rings. The van der Waals surface area contributed by atoms with Crippen molar-refractivity contribution in [3.8, 4) is 11.3 Å². The fourth-order valence-corrected chi connectivity index (χ4v) is 4.77. The van der Waals surface area contributed by atoms with Gasteiger partial charge in [-0.05, 0) is 36.8 Å². The number of aromatic nitrogens is 2. The molecule has 0 saturated carbocycles. The monoisotopic (exact) mass is 431 g/mol. The Kier molecular flexibility index (Phi) is 5.59. The fourth-order valence-electron chi connectivity index (χ4n) is 3.34. The molecule has 0 N–H and O–H groups in total. The van der Waals surface area contributed by atoms with Gasteiger partial charge in [-0.25, -0.2) is 17.2 Å². The number of halogens is 2. The van der Waals surface area contributed by atoms with Gasteiger partial charge >= 0.3 is 0 Å². The molecule has 0 bridgehead atoms. The van der Waals surface area contributed by atoms with Crippen LogP contribution in [0, 0.1) is 18.6 Å². The van der Waals surface area contributed by atoms with Crippen LogP contribution >= 0.6 is 0 Å². The van der Waals surface area contributed by atoms with Crippen LogP contribution < -0.4 is 0 Å². The summed E-state index contributed by atoms with van der Waals surface area (Å²) in [6.07, 6.45) is 2.15. The molecule has 0 radical (unpaired) electrons. The van der Waals surface area contributed by atoms with Gasteiger partial charge in [-0.2, -0.15) is 4.31 Å². The maximum Gasteiger partial charge on any atom is 0.243 e. The van der Waals surface area contributed by atoms with E-state index < -0.39 is 27.8 Å². The number of hydrogen-bond donors (Lipinski definition) is 0. The van der Waals surface area contributed by atoms with Crippen molar-refractivity contribution in [2.75, 3.05) is 19.7 Å². The van der Waals surface area contributed by atoms with E-state index in [1.165, 1.54) is 34.9 Å². The molecular weight excluding hydrogens is 412 g/mol. The van der Waals surface area contributed by atoms with Crippen LogP contribution in [0.2, 0.25) is 0 Å². The predicted molar refractivity (Wildman–Crippen MR) is 106 cm³/mol. The molecule has 3 aromatic rings. The summed E-state index contributed by atoms with van der Waals surface area (Å²) < 4.78 is 61.3. The van der Waals surface area contributed by atoms with E-state index >= 15 is 0 Å². The lowest BCUT2D eigenvalue weighted by Crippen LogP contribution is -2.42. The maximum absolute atomic E-state index is 14.3. The van der Waals surface area contributed by atoms with E-state index in [1.54, 1.807) is 25.1 Å². The van der Waals surface area contributed by atoms with Crippen molar-refractivity contribution in [3.05, 3.63) is 77.8 Å². The zero-order valence-corrected chi connectivity index (χ0v) is 16.9. The van der Waals surface area contributed by atoms with Gasteiger partial charge in [0.2, 0.25) is 10.0 Å². The molecule has 0 spiro atoms. The molecule has 2 aromatic carbocycles. The smallest absolute Gasteiger partial charge is 0.243 e. The summed E-state index contributed by atoms with van der Waals surface area (Å²) in [5.74, 6) is -1.05. The van der Waals surface area contributed by atoms with Gasteiger partial charge in [-0.15, -0.1) is 0 Å². The minimum Gasteiger partial charge on any atom is -0.369 e. The summed E-state index contributed by atoms with van der Waals surface area (Å²) in [7, 11) is -3.94. The van der Waals surface area contributed by atoms with Crippen LogP contribution in [0.25, 0.3) is 11.3 Å². The Labute approximate surface area is 173 Å². The average molecular weight is 431 g/mol. The zero-order valence-electron chi connectivity index (χ0n) is 16.1. The molecule has 2 heterocycles. The largest absolute Gasteiger partial charge is 0.369 e. The van der Waals surface area contributed by atoms with Gasteiger partial charge in [0.25, 0.3) is 0 Å². The van der Waals surface area contributed by atoms with Gasteiger partial charge in [-0.3, -0.25) is 9.97 Å². The number of hydrogen-bond acceptors (Lipinski definition) is 5. The maximum atomic E-state index is 14.3. The first kappa shape index (κ1) is 20.5. The third-order valence-electron chi connectivity index (χ3n) is 4.97. The Morgan fingerprint density at radius 1 is 1.07 bits per heavy atom. The molecule has 6 nitrogen and oxygen atoms in total. The second kappa shape index (κ2) is 8.17. The van der Waals surface area contributed by atoms with E-state index in [9.17, 15) is 17.2 Å². The highest BCUT2D eigenvalue weighted by Gasteiger charge is 2.34. The van der Waals surface area contributed by atoms with Crippen LogP contribution in [-0.2, 0) is 14.8 Å². The van der Waals surface area contributed by atoms with Crippen molar-refractivity contribution in [3.63, 3.8) is 0 Å². The molecule has 1 aliphatic heterocycles. The van der Waals surface area contributed by atoms with Crippen LogP contribution in [0.3, 0.4) is 0 Å². The van der Waals surface area contributed by atoms with Crippen LogP contribution in [0.4, 0.5) is 8.78 Å². The molecule has 4 rings (SSSR count). The number of morpholine rings is 1. The Bertz CT molecular complexity index is 1190. The van der Waals surface area contributed by atoms with Gasteiger partial charge in [0.1, 0.15) is 17.7 Å². The van der Waals surface area contributed by atoms with Gasteiger partial charge in [0, 0.05) is 31.0 Å². The normalized spacial score (nSPS) is 17.8. The first-order valence-corrected chi connectivity index (χ1v) is 10.8. The van der Waals surface area contributed by atoms with Crippen molar-refractivity contribution in [1.29, 1.82) is 0 Å². The highest BCUT2D eigenvalue weighted by atomic mass is 32.2. The second-order valence-corrected chi connectivity index (χ2v) is 8.84. The minimum absolute atomic E-state index is 0.0437. The van der Waals surface area contributed by atoms with Crippen LogP contribution in [-0.4, -0.2) is 42.4 Å². The van der Waals surface area contributed by atoms with E-state index in [0.717, 1.165) is 6.07 Å². The molecule has 156 valence electrons. The quantitative estimate of drug-likeness (QED) is 0.632. The Balaban J connectivity index is 1.67. The number of sulfonamides is 1. The topological polar surface area (TPSA) is 72.4 Å². The van der Waals surface area contributed by atoms with Crippen molar-refractivity contribution < 1.29 is 21.9 Å². The Hall–Kier alpha value is -2.75. The number of rotatable bonds is 4. The van der Waals surface area contributed by atoms with Crippen LogP contribution in [0.15, 0.2) is 59.8 Å². The minimum atomic E-state index is -3.94. The number of nitrogens with zero attached hydrogens (tertiary/aromatic N) is 3. The molecule has 0 aliphatic carbocycles. The van der Waals surface area contributed by atoms with Gasteiger partial charge in [-0.1, -0.05) is 18.2 Å². The van der Waals surface area contributed by atoms with E-state index in [2.05, 4.69) is 9.97 Å². The summed E-state index contributed by atoms with van der Waals surface area (Å²) in [4.78, 5) is 8.43. The molecule has 9 heteroatoms. The van der Waals surface area contributed by atoms with Gasteiger partial charge in [0.05, 0.1) is 22.9 Å². The van der Waals surface area contributed by atoms with Crippen molar-refractivity contribution in [1.82, 2.24) is 14.3 Å². The molecule has 1 aromatic heterocycles.